The number of esters is 1. The molecule has 0 radical (unpaired) electrons. The first-order valence-corrected chi connectivity index (χ1v) is 6.85. The fourth-order valence-electron chi connectivity index (χ4n) is 1.48. The number of nitrogens with one attached hydrogen (secondary N) is 1. The van der Waals surface area contributed by atoms with Crippen LogP contribution in [0, 0.1) is 0 Å². The maximum absolute atomic E-state index is 11.6. The second-order valence-corrected chi connectivity index (χ2v) is 4.76. The second kappa shape index (κ2) is 6.37. The van der Waals surface area contributed by atoms with Crippen LogP contribution in [0.4, 0.5) is 5.82 Å². The van der Waals surface area contributed by atoms with Crippen LogP contribution in [-0.2, 0) is 16.1 Å². The van der Waals surface area contributed by atoms with E-state index in [1.807, 2.05) is 0 Å². The van der Waals surface area contributed by atoms with Gasteiger partial charge in [0, 0.05) is 11.8 Å². The number of carbonyl (C=O) groups is 1. The van der Waals surface area contributed by atoms with E-state index in [1.54, 1.807) is 24.8 Å². The fraction of sp³-hybridized carbons (Fsp3) is 0.455. The van der Waals surface area contributed by atoms with Crippen LogP contribution in [0.15, 0.2) is 21.9 Å². The highest BCUT2D eigenvalue weighted by atomic mass is 32.2. The highest BCUT2D eigenvalue weighted by Crippen LogP contribution is 2.13. The van der Waals surface area contributed by atoms with Crippen molar-refractivity contribution in [2.75, 3.05) is 24.2 Å². The molecule has 1 aliphatic heterocycles. The van der Waals surface area contributed by atoms with Crippen molar-refractivity contribution in [3.63, 3.8) is 0 Å². The first-order chi connectivity index (χ1) is 9.19. The van der Waals surface area contributed by atoms with E-state index in [0.29, 0.717) is 5.82 Å². The van der Waals surface area contributed by atoms with E-state index < -0.39 is 5.97 Å². The van der Waals surface area contributed by atoms with Gasteiger partial charge in [-0.05, 0) is 13.0 Å². The molecule has 0 amide bonds. The summed E-state index contributed by atoms with van der Waals surface area (Å²) in [6.45, 7) is 2.57. The Labute approximate surface area is 114 Å². The van der Waals surface area contributed by atoms with Crippen molar-refractivity contribution in [1.82, 2.24) is 9.78 Å². The summed E-state index contributed by atoms with van der Waals surface area (Å²) in [6.07, 6.45) is 0. The zero-order valence-corrected chi connectivity index (χ0v) is 11.3. The molecule has 19 heavy (non-hydrogen) atoms. The van der Waals surface area contributed by atoms with Gasteiger partial charge in [0.25, 0.3) is 5.56 Å². The minimum absolute atomic E-state index is 0.193. The largest absolute Gasteiger partial charge is 0.465 e. The van der Waals surface area contributed by atoms with Crippen LogP contribution >= 0.6 is 11.8 Å². The Bertz CT molecular complexity index is 555. The minimum Gasteiger partial charge on any atom is -0.465 e. The number of nitrogens with zero attached hydrogens (tertiary/aromatic N) is 3. The summed E-state index contributed by atoms with van der Waals surface area (Å²) >= 11 is 1.59. The predicted octanol–water partition coefficient (Wildman–Crippen LogP) is 0.321. The SMILES string of the molecule is CCOC(=O)Cn1nc(NC2=NCCS2)ccc1=O. The minimum atomic E-state index is -0.484. The van der Waals surface area contributed by atoms with Crippen molar-refractivity contribution in [3.8, 4) is 0 Å². The standard InChI is InChI=1S/C11H14N4O3S/c1-2-18-10(17)7-15-9(16)4-3-8(14-15)13-11-12-5-6-19-11/h3-4H,2,5-7H2,1H3,(H,12,13,14). The summed E-state index contributed by atoms with van der Waals surface area (Å²) in [5.41, 5.74) is -0.348. The van der Waals surface area contributed by atoms with Gasteiger partial charge in [-0.25, -0.2) is 4.68 Å². The number of hydrogen-bond donors (Lipinski definition) is 1. The van der Waals surface area contributed by atoms with Crippen LogP contribution in [0.3, 0.4) is 0 Å². The van der Waals surface area contributed by atoms with Crippen LogP contribution < -0.4 is 10.9 Å². The zero-order valence-electron chi connectivity index (χ0n) is 10.5. The summed E-state index contributed by atoms with van der Waals surface area (Å²) in [7, 11) is 0. The number of carbonyl (C=O) groups excluding carboxylic acids is 1. The molecule has 0 spiro atoms. The number of ether oxygens (including phenoxy) is 1. The Morgan fingerprint density at radius 3 is 3.11 bits per heavy atom. The molecule has 0 atom stereocenters. The van der Waals surface area contributed by atoms with E-state index in [-0.39, 0.29) is 18.7 Å². The molecule has 1 aliphatic rings. The Balaban J connectivity index is 2.10. The van der Waals surface area contributed by atoms with Gasteiger partial charge in [-0.15, -0.1) is 0 Å². The van der Waals surface area contributed by atoms with Gasteiger partial charge in [0.05, 0.1) is 13.2 Å². The molecule has 1 aromatic rings. The highest BCUT2D eigenvalue weighted by Gasteiger charge is 2.10. The molecular weight excluding hydrogens is 268 g/mol. The normalized spacial score (nSPS) is 14.1. The van der Waals surface area contributed by atoms with E-state index in [0.717, 1.165) is 22.1 Å². The van der Waals surface area contributed by atoms with Gasteiger partial charge in [-0.3, -0.25) is 14.6 Å². The summed E-state index contributed by atoms with van der Waals surface area (Å²) in [4.78, 5) is 27.2. The fourth-order valence-corrected chi connectivity index (χ4v) is 2.21. The molecule has 0 unspecified atom stereocenters. The van der Waals surface area contributed by atoms with Crippen LogP contribution in [0.25, 0.3) is 0 Å². The van der Waals surface area contributed by atoms with Crippen LogP contribution in [0.2, 0.25) is 0 Å². The maximum atomic E-state index is 11.6. The third-order valence-electron chi connectivity index (χ3n) is 2.27. The zero-order chi connectivity index (χ0) is 13.7. The van der Waals surface area contributed by atoms with Gasteiger partial charge in [0.2, 0.25) is 0 Å². The van der Waals surface area contributed by atoms with Crippen LogP contribution in [0.5, 0.6) is 0 Å². The summed E-state index contributed by atoms with van der Waals surface area (Å²) in [6, 6.07) is 2.92. The van der Waals surface area contributed by atoms with Crippen molar-refractivity contribution < 1.29 is 9.53 Å². The van der Waals surface area contributed by atoms with Crippen LogP contribution in [0.1, 0.15) is 6.92 Å². The number of amidine groups is 1. The first-order valence-electron chi connectivity index (χ1n) is 5.87. The molecule has 0 saturated carbocycles. The van der Waals surface area contributed by atoms with E-state index in [2.05, 4.69) is 15.4 Å². The lowest BCUT2D eigenvalue weighted by Gasteiger charge is -2.07. The molecular formula is C11H14N4O3S. The topological polar surface area (TPSA) is 85.6 Å². The molecule has 7 nitrogen and oxygen atoms in total. The monoisotopic (exact) mass is 282 g/mol. The van der Waals surface area contributed by atoms with E-state index in [1.165, 1.54) is 6.07 Å². The van der Waals surface area contributed by atoms with Crippen molar-refractivity contribution in [2.24, 2.45) is 4.99 Å². The Kier molecular flexibility index (Phi) is 4.56. The lowest BCUT2D eigenvalue weighted by Crippen LogP contribution is -2.28. The van der Waals surface area contributed by atoms with E-state index in [9.17, 15) is 9.59 Å². The highest BCUT2D eigenvalue weighted by molar-refractivity contribution is 8.14. The Hall–Kier alpha value is -1.83. The summed E-state index contributed by atoms with van der Waals surface area (Å²) in [5.74, 6) is 0.934. The molecule has 0 bridgehead atoms. The molecule has 1 N–H and O–H groups in total. The lowest BCUT2D eigenvalue weighted by atomic mass is 10.5. The quantitative estimate of drug-likeness (QED) is 0.801. The number of anilines is 1. The number of aliphatic imine (C=N–C) groups is 1. The summed E-state index contributed by atoms with van der Waals surface area (Å²) in [5, 5.41) is 7.83. The second-order valence-electron chi connectivity index (χ2n) is 3.68. The first kappa shape index (κ1) is 13.6. The van der Waals surface area contributed by atoms with Crippen molar-refractivity contribution in [2.45, 2.75) is 13.5 Å². The molecule has 2 heterocycles. The van der Waals surface area contributed by atoms with E-state index >= 15 is 0 Å². The Morgan fingerprint density at radius 1 is 1.58 bits per heavy atom. The number of aromatic nitrogens is 2. The maximum Gasteiger partial charge on any atom is 0.327 e. The molecule has 0 fully saturated rings. The van der Waals surface area contributed by atoms with Gasteiger partial charge in [0.15, 0.2) is 11.0 Å². The third-order valence-corrected chi connectivity index (χ3v) is 3.16. The molecule has 0 aliphatic carbocycles. The molecule has 0 saturated heterocycles. The summed E-state index contributed by atoms with van der Waals surface area (Å²) < 4.78 is 5.86. The lowest BCUT2D eigenvalue weighted by molar-refractivity contribution is -0.144. The van der Waals surface area contributed by atoms with Gasteiger partial charge >= 0.3 is 5.97 Å². The predicted molar refractivity (Wildman–Crippen MR) is 73.5 cm³/mol. The average molecular weight is 282 g/mol. The molecule has 2 rings (SSSR count). The van der Waals surface area contributed by atoms with Crippen molar-refractivity contribution in [3.05, 3.63) is 22.5 Å². The molecule has 0 aromatic carbocycles. The smallest absolute Gasteiger partial charge is 0.327 e. The van der Waals surface area contributed by atoms with Crippen molar-refractivity contribution in [1.29, 1.82) is 0 Å². The Morgan fingerprint density at radius 2 is 2.42 bits per heavy atom. The van der Waals surface area contributed by atoms with Gasteiger partial charge in [-0.2, -0.15) is 5.10 Å². The van der Waals surface area contributed by atoms with Crippen LogP contribution in [-0.4, -0.2) is 39.8 Å². The number of thioether (sulfide) groups is 1. The van der Waals surface area contributed by atoms with Gasteiger partial charge in [0.1, 0.15) is 6.54 Å². The molecule has 102 valence electrons. The average Bonchev–Trinajstić information content (AvgIpc) is 2.86. The van der Waals surface area contributed by atoms with E-state index in [4.69, 9.17) is 4.74 Å². The number of hydrogen-bond acceptors (Lipinski definition) is 7. The number of rotatable bonds is 4. The molecule has 8 heteroatoms. The van der Waals surface area contributed by atoms with Gasteiger partial charge in [-0.1, -0.05) is 11.8 Å². The third kappa shape index (κ3) is 3.82. The van der Waals surface area contributed by atoms with Gasteiger partial charge < -0.3 is 10.1 Å². The molecule has 1 aromatic heterocycles. The van der Waals surface area contributed by atoms with Crippen molar-refractivity contribution >= 4 is 28.7 Å².